The Hall–Kier alpha value is -2.00. The molecule has 104 valence electrons. The van der Waals surface area contributed by atoms with Crippen molar-refractivity contribution < 1.29 is 9.84 Å². The Morgan fingerprint density at radius 2 is 1.75 bits per heavy atom. The molecule has 1 N–H and O–H groups in total. The lowest BCUT2D eigenvalue weighted by molar-refractivity contribution is 0.211. The van der Waals surface area contributed by atoms with Crippen LogP contribution in [0.1, 0.15) is 29.7 Å². The van der Waals surface area contributed by atoms with E-state index in [9.17, 15) is 5.11 Å². The van der Waals surface area contributed by atoms with Crippen molar-refractivity contribution in [1.29, 1.82) is 0 Å². The number of hydrogen-bond donors (Lipinski definition) is 1. The zero-order valence-electron chi connectivity index (χ0n) is 11.8. The van der Waals surface area contributed by atoms with E-state index in [1.165, 1.54) is 11.1 Å². The number of nitrogens with zero attached hydrogens (tertiary/aromatic N) is 1. The monoisotopic (exact) mass is 269 g/mol. The van der Waals surface area contributed by atoms with Gasteiger partial charge in [0.15, 0.2) is 0 Å². The van der Waals surface area contributed by atoms with E-state index in [0.29, 0.717) is 11.5 Å². The molecule has 2 aromatic carbocycles. The van der Waals surface area contributed by atoms with Gasteiger partial charge in [0.2, 0.25) is 0 Å². The van der Waals surface area contributed by atoms with E-state index in [-0.39, 0.29) is 6.04 Å². The lowest BCUT2D eigenvalue weighted by Crippen LogP contribution is -2.20. The van der Waals surface area contributed by atoms with Crippen LogP contribution in [0, 0.1) is 0 Å². The Labute approximate surface area is 119 Å². The maximum atomic E-state index is 10.2. The van der Waals surface area contributed by atoms with E-state index >= 15 is 0 Å². The number of phenols is 1. The van der Waals surface area contributed by atoms with Gasteiger partial charge in [0.05, 0.1) is 7.11 Å². The van der Waals surface area contributed by atoms with E-state index in [1.54, 1.807) is 13.2 Å². The van der Waals surface area contributed by atoms with Crippen LogP contribution in [0.3, 0.4) is 0 Å². The summed E-state index contributed by atoms with van der Waals surface area (Å²) in [5.74, 6) is 0.982. The number of aromatic hydroxyl groups is 1. The van der Waals surface area contributed by atoms with Gasteiger partial charge in [-0.2, -0.15) is 0 Å². The van der Waals surface area contributed by atoms with Crippen molar-refractivity contribution >= 4 is 0 Å². The van der Waals surface area contributed by atoms with Crippen LogP contribution in [0.2, 0.25) is 0 Å². The predicted octanol–water partition coefficient (Wildman–Crippen LogP) is 3.48. The Morgan fingerprint density at radius 3 is 2.30 bits per heavy atom. The van der Waals surface area contributed by atoms with Crippen molar-refractivity contribution in [2.75, 3.05) is 7.11 Å². The Morgan fingerprint density at radius 1 is 1.10 bits per heavy atom. The van der Waals surface area contributed by atoms with Crippen molar-refractivity contribution in [3.8, 4) is 11.5 Å². The zero-order valence-corrected chi connectivity index (χ0v) is 11.8. The molecule has 0 amide bonds. The molecule has 0 aromatic heterocycles. The summed E-state index contributed by atoms with van der Waals surface area (Å²) < 4.78 is 5.13. The molecule has 0 aliphatic carbocycles. The van der Waals surface area contributed by atoms with E-state index in [4.69, 9.17) is 4.74 Å². The molecular weight excluding hydrogens is 250 g/mol. The minimum Gasteiger partial charge on any atom is -0.507 e. The summed E-state index contributed by atoms with van der Waals surface area (Å²) >= 11 is 0. The third-order valence-corrected chi connectivity index (χ3v) is 4.10. The van der Waals surface area contributed by atoms with E-state index in [0.717, 1.165) is 18.7 Å². The molecular formula is C17H19NO2. The standard InChI is InChI=1S/C17H19NO2/c1-12(16-8-7-15(20-2)9-17(16)19)18-10-13-5-3-4-6-14(13)11-18/h3-9,12,19H,10-11H2,1-2H3. The number of rotatable bonds is 3. The van der Waals surface area contributed by atoms with E-state index < -0.39 is 0 Å². The highest BCUT2D eigenvalue weighted by Gasteiger charge is 2.25. The maximum Gasteiger partial charge on any atom is 0.124 e. The maximum absolute atomic E-state index is 10.2. The summed E-state index contributed by atoms with van der Waals surface area (Å²) in [7, 11) is 1.61. The van der Waals surface area contributed by atoms with Crippen LogP contribution in [-0.4, -0.2) is 17.1 Å². The van der Waals surface area contributed by atoms with Crippen LogP contribution in [0.4, 0.5) is 0 Å². The second kappa shape index (κ2) is 5.17. The van der Waals surface area contributed by atoms with Crippen LogP contribution in [0.25, 0.3) is 0 Å². The summed E-state index contributed by atoms with van der Waals surface area (Å²) in [6.07, 6.45) is 0. The minimum absolute atomic E-state index is 0.174. The number of methoxy groups -OCH3 is 1. The number of phenolic OH excluding ortho intramolecular Hbond substituents is 1. The Balaban J connectivity index is 1.82. The number of benzene rings is 2. The third kappa shape index (κ3) is 2.25. The highest BCUT2D eigenvalue weighted by molar-refractivity contribution is 5.42. The molecule has 0 saturated heterocycles. The first-order valence-electron chi connectivity index (χ1n) is 6.87. The molecule has 1 aliphatic rings. The Bertz CT molecular complexity index is 599. The van der Waals surface area contributed by atoms with Gasteiger partial charge in [0.25, 0.3) is 0 Å². The summed E-state index contributed by atoms with van der Waals surface area (Å²) in [4.78, 5) is 2.37. The molecule has 3 heteroatoms. The molecule has 1 aliphatic heterocycles. The van der Waals surface area contributed by atoms with Gasteiger partial charge in [-0.25, -0.2) is 0 Å². The lowest BCUT2D eigenvalue weighted by atomic mass is 10.1. The van der Waals surface area contributed by atoms with Gasteiger partial charge >= 0.3 is 0 Å². The first-order chi connectivity index (χ1) is 9.69. The van der Waals surface area contributed by atoms with Gasteiger partial charge in [-0.3, -0.25) is 4.90 Å². The first kappa shape index (κ1) is 13.0. The van der Waals surface area contributed by atoms with Gasteiger partial charge in [0, 0.05) is 30.8 Å². The fraction of sp³-hybridized carbons (Fsp3) is 0.294. The van der Waals surface area contributed by atoms with Gasteiger partial charge in [-0.1, -0.05) is 30.3 Å². The number of fused-ring (bicyclic) bond motifs is 1. The molecule has 20 heavy (non-hydrogen) atoms. The van der Waals surface area contributed by atoms with Crippen molar-refractivity contribution in [1.82, 2.24) is 4.90 Å². The van der Waals surface area contributed by atoms with E-state index in [1.807, 2.05) is 12.1 Å². The molecule has 0 spiro atoms. The molecule has 0 bridgehead atoms. The number of ether oxygens (including phenoxy) is 1. The average Bonchev–Trinajstić information content (AvgIpc) is 2.90. The predicted molar refractivity (Wildman–Crippen MR) is 78.8 cm³/mol. The Kier molecular flexibility index (Phi) is 3.36. The summed E-state index contributed by atoms with van der Waals surface area (Å²) in [6, 6.07) is 14.2. The minimum atomic E-state index is 0.174. The fourth-order valence-corrected chi connectivity index (χ4v) is 2.83. The first-order valence-corrected chi connectivity index (χ1v) is 6.87. The number of hydrogen-bond acceptors (Lipinski definition) is 3. The second-order valence-corrected chi connectivity index (χ2v) is 5.27. The largest absolute Gasteiger partial charge is 0.507 e. The SMILES string of the molecule is COc1ccc(C(C)N2Cc3ccccc3C2)c(O)c1. The van der Waals surface area contributed by atoms with Crippen LogP contribution in [0.15, 0.2) is 42.5 Å². The van der Waals surface area contributed by atoms with Crippen LogP contribution < -0.4 is 4.74 Å². The molecule has 0 radical (unpaired) electrons. The van der Waals surface area contributed by atoms with Crippen molar-refractivity contribution in [2.45, 2.75) is 26.1 Å². The van der Waals surface area contributed by atoms with Gasteiger partial charge in [0.1, 0.15) is 11.5 Å². The lowest BCUT2D eigenvalue weighted by Gasteiger charge is -2.25. The molecule has 0 saturated carbocycles. The molecule has 1 heterocycles. The van der Waals surface area contributed by atoms with Crippen LogP contribution in [-0.2, 0) is 13.1 Å². The van der Waals surface area contributed by atoms with Crippen molar-refractivity contribution in [3.05, 3.63) is 59.2 Å². The van der Waals surface area contributed by atoms with Crippen molar-refractivity contribution in [2.24, 2.45) is 0 Å². The second-order valence-electron chi connectivity index (χ2n) is 5.27. The molecule has 0 fully saturated rings. The molecule has 1 unspecified atom stereocenters. The topological polar surface area (TPSA) is 32.7 Å². The molecule has 1 atom stereocenters. The smallest absolute Gasteiger partial charge is 0.124 e. The van der Waals surface area contributed by atoms with Gasteiger partial charge < -0.3 is 9.84 Å². The van der Waals surface area contributed by atoms with E-state index in [2.05, 4.69) is 36.1 Å². The highest BCUT2D eigenvalue weighted by Crippen LogP contribution is 2.35. The normalized spacial score (nSPS) is 15.9. The third-order valence-electron chi connectivity index (χ3n) is 4.10. The summed E-state index contributed by atoms with van der Waals surface area (Å²) in [6.45, 7) is 4.00. The molecule has 2 aromatic rings. The zero-order chi connectivity index (χ0) is 14.1. The fourth-order valence-electron chi connectivity index (χ4n) is 2.83. The highest BCUT2D eigenvalue weighted by atomic mass is 16.5. The quantitative estimate of drug-likeness (QED) is 0.926. The van der Waals surface area contributed by atoms with Gasteiger partial charge in [-0.05, 0) is 24.1 Å². The molecule has 3 nitrogen and oxygen atoms in total. The average molecular weight is 269 g/mol. The summed E-state index contributed by atoms with van der Waals surface area (Å²) in [5, 5.41) is 10.2. The molecule has 3 rings (SSSR count). The van der Waals surface area contributed by atoms with Crippen LogP contribution >= 0.6 is 0 Å². The summed E-state index contributed by atoms with van der Waals surface area (Å²) in [5.41, 5.74) is 3.71. The van der Waals surface area contributed by atoms with Crippen LogP contribution in [0.5, 0.6) is 11.5 Å². The van der Waals surface area contributed by atoms with Gasteiger partial charge in [-0.15, -0.1) is 0 Å². The van der Waals surface area contributed by atoms with Crippen molar-refractivity contribution in [3.63, 3.8) is 0 Å².